The van der Waals surface area contributed by atoms with Gasteiger partial charge in [-0.1, -0.05) is 91.4 Å². The minimum Gasteiger partial charge on any atom is -0.493 e. The Labute approximate surface area is 333 Å². The van der Waals surface area contributed by atoms with Gasteiger partial charge in [-0.05, 0) is 83.6 Å². The molecular weight excluding hydrogens is 774 g/mol. The predicted molar refractivity (Wildman–Crippen MR) is 222 cm³/mol. The summed E-state index contributed by atoms with van der Waals surface area (Å²) in [4.78, 5) is 22.6. The average molecular weight is 817 g/mol. The van der Waals surface area contributed by atoms with Crippen LogP contribution in [0.2, 0.25) is 35.7 Å². The Morgan fingerprint density at radius 2 is 1.53 bits per heavy atom. The molecule has 55 heavy (non-hydrogen) atoms. The van der Waals surface area contributed by atoms with Gasteiger partial charge < -0.3 is 19.7 Å². The van der Waals surface area contributed by atoms with Crippen molar-refractivity contribution in [3.8, 4) is 22.4 Å². The number of hydrogen-bond acceptors (Lipinski definition) is 6. The van der Waals surface area contributed by atoms with Gasteiger partial charge in [0, 0.05) is 43.9 Å². The number of amides is 1. The minimum atomic E-state index is -4.11. The van der Waals surface area contributed by atoms with Crippen LogP contribution in [-0.4, -0.2) is 61.7 Å². The molecule has 2 N–H and O–H groups in total. The van der Waals surface area contributed by atoms with Gasteiger partial charge in [-0.25, -0.2) is 9.29 Å². The Balaban J connectivity index is 1.17. The summed E-state index contributed by atoms with van der Waals surface area (Å²) in [6.45, 7) is 7.53. The summed E-state index contributed by atoms with van der Waals surface area (Å²) in [5, 5.41) is 11.6. The molecule has 14 heteroatoms. The summed E-state index contributed by atoms with van der Waals surface area (Å²) in [5.41, 5.74) is 6.58. The summed E-state index contributed by atoms with van der Waals surface area (Å²) in [5.74, 6) is 0.0442. The molecule has 1 atom stereocenters. The number of imidazole rings is 1. The normalized spacial score (nSPS) is 16.4. The molecule has 1 fully saturated rings. The zero-order valence-corrected chi connectivity index (χ0v) is 34.2. The average Bonchev–Trinajstić information content (AvgIpc) is 3.72. The van der Waals surface area contributed by atoms with Crippen molar-refractivity contribution in [1.29, 1.82) is 0 Å². The number of aliphatic hydroxyl groups excluding tert-OH is 1. The summed E-state index contributed by atoms with van der Waals surface area (Å²) in [6.07, 6.45) is 5.46. The van der Waals surface area contributed by atoms with Gasteiger partial charge in [0.2, 0.25) is 11.8 Å². The van der Waals surface area contributed by atoms with E-state index >= 15 is 0 Å². The van der Waals surface area contributed by atoms with Crippen LogP contribution in [0.15, 0.2) is 109 Å². The Morgan fingerprint density at radius 1 is 0.891 bits per heavy atom. The first-order chi connectivity index (χ1) is 26.3. The molecule has 0 bridgehead atoms. The largest absolute Gasteiger partial charge is 0.493 e. The molecule has 2 aliphatic rings. The van der Waals surface area contributed by atoms with Crippen LogP contribution in [0.1, 0.15) is 42.1 Å². The van der Waals surface area contributed by atoms with E-state index in [0.717, 1.165) is 73.2 Å². The van der Waals surface area contributed by atoms with E-state index in [9.17, 15) is 18.3 Å². The smallest absolute Gasteiger partial charge is 0.334 e. The molecule has 1 aromatic heterocycles. The maximum atomic E-state index is 13.5. The second-order valence-electron chi connectivity index (χ2n) is 15.0. The highest BCUT2D eigenvalue weighted by atomic mass is 35.5. The molecule has 1 unspecified atom stereocenters. The first-order valence-electron chi connectivity index (χ1n) is 18.2. The zero-order valence-electron chi connectivity index (χ0n) is 30.9. The maximum absolute atomic E-state index is 13.5. The van der Waals surface area contributed by atoms with Crippen molar-refractivity contribution in [3.63, 3.8) is 0 Å². The van der Waals surface area contributed by atoms with E-state index < -0.39 is 24.2 Å². The predicted octanol–water partition coefficient (Wildman–Crippen LogP) is 9.78. The van der Waals surface area contributed by atoms with Gasteiger partial charge in [0.15, 0.2) is 0 Å². The van der Waals surface area contributed by atoms with Crippen LogP contribution in [0.5, 0.6) is 0 Å². The number of rotatable bonds is 12. The van der Waals surface area contributed by atoms with Gasteiger partial charge in [0.05, 0.1) is 34.7 Å². The molecule has 10 nitrogen and oxygen atoms in total. The molecule has 4 aromatic carbocycles. The van der Waals surface area contributed by atoms with Gasteiger partial charge in [-0.3, -0.25) is 4.79 Å². The van der Waals surface area contributed by atoms with E-state index in [0.29, 0.717) is 34.6 Å². The fourth-order valence-electron chi connectivity index (χ4n) is 6.76. The number of hydrogen-bond donors (Lipinski definition) is 2. The van der Waals surface area contributed by atoms with Gasteiger partial charge in [0.1, 0.15) is 12.6 Å². The van der Waals surface area contributed by atoms with Crippen molar-refractivity contribution >= 4 is 58.8 Å². The highest BCUT2D eigenvalue weighted by Crippen LogP contribution is 2.37. The van der Waals surface area contributed by atoms with E-state index in [4.69, 9.17) is 32.9 Å². The molecule has 0 saturated carbocycles. The van der Waals surface area contributed by atoms with Crippen LogP contribution < -0.4 is 9.21 Å². The Morgan fingerprint density at radius 3 is 2.16 bits per heavy atom. The van der Waals surface area contributed by atoms with Crippen LogP contribution in [0, 0.1) is 0 Å². The van der Waals surface area contributed by atoms with Gasteiger partial charge in [-0.2, -0.15) is 12.7 Å². The summed E-state index contributed by atoms with van der Waals surface area (Å²) < 4.78 is 34.6. The van der Waals surface area contributed by atoms with Gasteiger partial charge in [0.25, 0.3) is 0 Å². The third-order valence-corrected chi connectivity index (χ3v) is 13.8. The summed E-state index contributed by atoms with van der Waals surface area (Å²) >= 11 is 12.7. The number of benzene rings is 4. The first-order valence-corrected chi connectivity index (χ1v) is 24.1. The molecular formula is C41H43Cl2N5O5SSi. The van der Waals surface area contributed by atoms with Crippen LogP contribution in [0.4, 0.5) is 11.4 Å². The SMILES string of the molecule is C[Si](C)(C)CCOCN1C(O)=CN(c2ccc(C(c3ccc(-c4ccc(N5CCCCC5=O)cc4)cc3)c3ncc(-c4ccc(Cl)cc4Cl)[nH]3)cc2)S1(=O)=O. The number of aromatic nitrogens is 2. The van der Waals surface area contributed by atoms with Gasteiger partial charge in [-0.15, -0.1) is 0 Å². The van der Waals surface area contributed by atoms with Crippen molar-refractivity contribution in [2.24, 2.45) is 0 Å². The third kappa shape index (κ3) is 8.48. The molecule has 5 aromatic rings. The van der Waals surface area contributed by atoms with Crippen molar-refractivity contribution < 1.29 is 23.1 Å². The lowest BCUT2D eigenvalue weighted by atomic mass is 9.89. The highest BCUT2D eigenvalue weighted by Gasteiger charge is 2.38. The Bertz CT molecular complexity index is 2310. The second kappa shape index (κ2) is 15.9. The Hall–Kier alpha value is -4.59. The first kappa shape index (κ1) is 38.7. The van der Waals surface area contributed by atoms with Crippen LogP contribution in [0.3, 0.4) is 0 Å². The number of carbonyl (C=O) groups excluding carboxylic acids is 1. The topological polar surface area (TPSA) is 119 Å². The molecule has 0 radical (unpaired) electrons. The lowest BCUT2D eigenvalue weighted by Crippen LogP contribution is -2.36. The third-order valence-electron chi connectivity index (χ3n) is 9.87. The maximum Gasteiger partial charge on any atom is 0.334 e. The minimum absolute atomic E-state index is 0.165. The second-order valence-corrected chi connectivity index (χ2v) is 23.2. The van der Waals surface area contributed by atoms with Crippen molar-refractivity contribution in [3.05, 3.63) is 136 Å². The summed E-state index contributed by atoms with van der Waals surface area (Å²) in [7, 11) is -5.48. The number of aromatic amines is 1. The molecule has 1 saturated heterocycles. The standard InChI is InChI=1S/C41H43Cl2N5O5SSi/c1-55(2,3)23-22-53-27-48-39(50)26-47(54(48,51)52)34-18-13-31(14-19-34)40(41-44-25-37(45-41)35-20-15-32(42)24-36(35)43)30-9-7-28(8-10-30)29-11-16-33(17-12-29)46-21-5-4-6-38(46)49/h7-20,24-26,40,50H,4-6,21-23,27H2,1-3H3,(H,44,45). The number of nitrogens with one attached hydrogen (secondary N) is 1. The van der Waals surface area contributed by atoms with E-state index in [1.807, 2.05) is 47.4 Å². The quantitative estimate of drug-likeness (QED) is 0.0957. The van der Waals surface area contributed by atoms with E-state index in [1.165, 1.54) is 6.20 Å². The summed E-state index contributed by atoms with van der Waals surface area (Å²) in [6, 6.07) is 29.6. The highest BCUT2D eigenvalue weighted by molar-refractivity contribution is 7.91. The molecule has 286 valence electrons. The van der Waals surface area contributed by atoms with Crippen LogP contribution >= 0.6 is 23.2 Å². The van der Waals surface area contributed by atoms with Crippen molar-refractivity contribution in [1.82, 2.24) is 14.3 Å². The number of carbonyl (C=O) groups is 1. The number of halogens is 2. The van der Waals surface area contributed by atoms with E-state index in [1.54, 1.807) is 30.5 Å². The van der Waals surface area contributed by atoms with Crippen LogP contribution in [0.25, 0.3) is 22.4 Å². The number of nitrogens with zero attached hydrogens (tertiary/aromatic N) is 4. The van der Waals surface area contributed by atoms with E-state index in [2.05, 4.69) is 48.9 Å². The molecule has 2 aliphatic heterocycles. The monoisotopic (exact) mass is 815 g/mol. The fraction of sp³-hybridized carbons (Fsp3) is 0.268. The number of aliphatic hydroxyl groups is 1. The molecule has 0 aliphatic carbocycles. The van der Waals surface area contributed by atoms with Gasteiger partial charge >= 0.3 is 10.2 Å². The zero-order chi connectivity index (χ0) is 38.9. The molecule has 0 spiro atoms. The number of ether oxygens (including phenoxy) is 1. The number of piperidine rings is 1. The van der Waals surface area contributed by atoms with Crippen molar-refractivity contribution in [2.45, 2.75) is 50.9 Å². The van der Waals surface area contributed by atoms with Crippen LogP contribution in [-0.2, 0) is 19.7 Å². The van der Waals surface area contributed by atoms with E-state index in [-0.39, 0.29) is 18.6 Å². The number of H-pyrrole nitrogens is 1. The fourth-order valence-corrected chi connectivity index (χ4v) is 9.34. The van der Waals surface area contributed by atoms with Crippen molar-refractivity contribution in [2.75, 3.05) is 29.1 Å². The molecule has 1 amide bonds. The lowest BCUT2D eigenvalue weighted by Gasteiger charge is -2.26. The Kier molecular flexibility index (Phi) is 11.2. The number of anilines is 2. The molecule has 7 rings (SSSR count). The molecule has 3 heterocycles. The lowest BCUT2D eigenvalue weighted by molar-refractivity contribution is -0.119.